The van der Waals surface area contributed by atoms with E-state index in [2.05, 4.69) is 15.5 Å². The first-order valence-electron chi connectivity index (χ1n) is 10.9. The number of nitrogens with one attached hydrogen (secondary N) is 2. The van der Waals surface area contributed by atoms with Crippen LogP contribution >= 0.6 is 0 Å². The van der Waals surface area contributed by atoms with Crippen LogP contribution in [0.1, 0.15) is 49.7 Å². The van der Waals surface area contributed by atoms with Crippen molar-refractivity contribution < 1.29 is 26.3 Å². The highest BCUT2D eigenvalue weighted by Gasteiger charge is 2.38. The molecule has 11 heteroatoms. The molecule has 1 aliphatic heterocycles. The van der Waals surface area contributed by atoms with Crippen molar-refractivity contribution in [2.45, 2.75) is 63.0 Å². The first-order valence-corrected chi connectivity index (χ1v) is 10.9. The minimum absolute atomic E-state index is 0.00907. The number of alkyl halides is 6. The van der Waals surface area contributed by atoms with E-state index in [9.17, 15) is 35.9 Å². The van der Waals surface area contributed by atoms with Gasteiger partial charge >= 0.3 is 12.4 Å². The Morgan fingerprint density at radius 2 is 1.30 bits per heavy atom. The summed E-state index contributed by atoms with van der Waals surface area (Å²) >= 11 is 0. The van der Waals surface area contributed by atoms with Crippen molar-refractivity contribution in [3.63, 3.8) is 0 Å². The van der Waals surface area contributed by atoms with E-state index in [0.717, 1.165) is 51.6 Å². The molecule has 0 amide bonds. The molecule has 180 valence electrons. The molecule has 5 nitrogen and oxygen atoms in total. The average molecular weight is 475 g/mol. The van der Waals surface area contributed by atoms with Crippen molar-refractivity contribution in [1.82, 2.24) is 4.90 Å². The molecular formula is C22H23F6N3O2. The summed E-state index contributed by atoms with van der Waals surface area (Å²) in [6.45, 7) is 1.87. The van der Waals surface area contributed by atoms with E-state index in [0.29, 0.717) is 12.1 Å². The maximum Gasteiger partial charge on any atom is 0.416 e. The molecule has 0 unspecified atom stereocenters. The standard InChI is InChI=1S/C22H23F6N3O2/c23-21(24,25)12-9-13(22(26,27)28)11-14(10-12)29-17-18(20(33)19(17)32)30-15-5-1-2-6-16(15)31-7-3-4-8-31/h9-11,15-16,29-30H,1-8H2/t15-,16-/m1/s1. The molecule has 2 atom stereocenters. The normalized spacial score (nSPS) is 22.6. The Bertz CT molecular complexity index is 1050. The van der Waals surface area contributed by atoms with Gasteiger partial charge in [-0.3, -0.25) is 14.5 Å². The molecule has 1 heterocycles. The highest BCUT2D eigenvalue weighted by Crippen LogP contribution is 2.38. The van der Waals surface area contributed by atoms with Gasteiger partial charge in [-0.15, -0.1) is 0 Å². The quantitative estimate of drug-likeness (QED) is 0.477. The van der Waals surface area contributed by atoms with Crippen LogP contribution in [-0.2, 0) is 12.4 Å². The second-order valence-corrected chi connectivity index (χ2v) is 8.67. The van der Waals surface area contributed by atoms with Gasteiger partial charge in [0, 0.05) is 17.8 Å². The molecule has 2 N–H and O–H groups in total. The molecular weight excluding hydrogens is 452 g/mol. The van der Waals surface area contributed by atoms with Gasteiger partial charge in [0.15, 0.2) is 0 Å². The molecule has 0 aromatic heterocycles. The summed E-state index contributed by atoms with van der Waals surface area (Å²) in [7, 11) is 0. The first kappa shape index (κ1) is 23.6. The van der Waals surface area contributed by atoms with Gasteiger partial charge in [-0.1, -0.05) is 12.8 Å². The van der Waals surface area contributed by atoms with E-state index in [1.54, 1.807) is 0 Å². The third-order valence-electron chi connectivity index (χ3n) is 6.44. The van der Waals surface area contributed by atoms with Gasteiger partial charge in [-0.25, -0.2) is 0 Å². The molecule has 4 rings (SSSR count). The van der Waals surface area contributed by atoms with Crippen molar-refractivity contribution >= 4 is 17.1 Å². The third kappa shape index (κ3) is 4.87. The van der Waals surface area contributed by atoms with E-state index in [4.69, 9.17) is 0 Å². The topological polar surface area (TPSA) is 61.4 Å². The number of nitrogens with zero attached hydrogens (tertiary/aromatic N) is 1. The molecule has 1 saturated heterocycles. The lowest BCUT2D eigenvalue weighted by Crippen LogP contribution is -2.50. The van der Waals surface area contributed by atoms with E-state index in [1.807, 2.05) is 0 Å². The summed E-state index contributed by atoms with van der Waals surface area (Å²) in [6, 6.07) is 1.01. The van der Waals surface area contributed by atoms with Gasteiger partial charge < -0.3 is 10.6 Å². The van der Waals surface area contributed by atoms with Gasteiger partial charge in [-0.2, -0.15) is 26.3 Å². The van der Waals surface area contributed by atoms with E-state index >= 15 is 0 Å². The van der Waals surface area contributed by atoms with Gasteiger partial charge in [-0.05, 0) is 57.0 Å². The number of rotatable bonds is 5. The van der Waals surface area contributed by atoms with Crippen molar-refractivity contribution in [3.8, 4) is 0 Å². The Morgan fingerprint density at radius 3 is 1.88 bits per heavy atom. The lowest BCUT2D eigenvalue weighted by molar-refractivity contribution is -0.143. The first-order chi connectivity index (χ1) is 15.4. The minimum atomic E-state index is -5.02. The van der Waals surface area contributed by atoms with Crippen molar-refractivity contribution in [1.29, 1.82) is 0 Å². The second kappa shape index (κ2) is 8.66. The van der Waals surface area contributed by atoms with Gasteiger partial charge in [0.05, 0.1) is 11.1 Å². The molecule has 2 aliphatic rings. The van der Waals surface area contributed by atoms with Gasteiger partial charge in [0.25, 0.3) is 10.9 Å². The van der Waals surface area contributed by atoms with Gasteiger partial charge in [0.2, 0.25) is 0 Å². The minimum Gasteiger partial charge on any atom is -0.376 e. The van der Waals surface area contributed by atoms with E-state index < -0.39 is 40.0 Å². The van der Waals surface area contributed by atoms with Crippen LogP contribution in [0.25, 0.3) is 0 Å². The number of halogens is 6. The van der Waals surface area contributed by atoms with Crippen LogP contribution in [0.4, 0.5) is 43.4 Å². The van der Waals surface area contributed by atoms with Crippen LogP contribution in [0.2, 0.25) is 0 Å². The van der Waals surface area contributed by atoms with E-state index in [-0.39, 0.29) is 29.5 Å². The predicted octanol–water partition coefficient (Wildman–Crippen LogP) is 4.88. The summed E-state index contributed by atoms with van der Waals surface area (Å²) in [5.41, 5.74) is -5.76. The highest BCUT2D eigenvalue weighted by molar-refractivity contribution is 5.79. The SMILES string of the molecule is O=c1c(Nc2cc(C(F)(F)F)cc(C(F)(F)F)c2)c(N[C@@H]2CCCC[C@H]2N2CCCC2)c1=O. The van der Waals surface area contributed by atoms with Crippen LogP contribution in [0.3, 0.4) is 0 Å². The summed E-state index contributed by atoms with van der Waals surface area (Å²) in [5, 5.41) is 5.42. The smallest absolute Gasteiger partial charge is 0.376 e. The molecule has 1 saturated carbocycles. The van der Waals surface area contributed by atoms with Crippen LogP contribution in [0.5, 0.6) is 0 Å². The number of hydrogen-bond donors (Lipinski definition) is 2. The Labute approximate surface area is 185 Å². The largest absolute Gasteiger partial charge is 0.416 e. The molecule has 0 bridgehead atoms. The third-order valence-corrected chi connectivity index (χ3v) is 6.44. The van der Waals surface area contributed by atoms with Crippen LogP contribution in [0.15, 0.2) is 27.8 Å². The van der Waals surface area contributed by atoms with Crippen molar-refractivity contribution in [2.24, 2.45) is 0 Å². The zero-order valence-electron chi connectivity index (χ0n) is 17.6. The Kier molecular flexibility index (Phi) is 6.19. The van der Waals surface area contributed by atoms with Crippen LogP contribution in [-0.4, -0.2) is 30.1 Å². The number of likely N-dealkylation sites (tertiary alicyclic amines) is 1. The monoisotopic (exact) mass is 475 g/mol. The summed E-state index contributed by atoms with van der Waals surface area (Å²) in [5.74, 6) is 0. The van der Waals surface area contributed by atoms with Crippen molar-refractivity contribution in [3.05, 3.63) is 49.8 Å². The fourth-order valence-corrected chi connectivity index (χ4v) is 4.80. The highest BCUT2D eigenvalue weighted by atomic mass is 19.4. The summed E-state index contributed by atoms with van der Waals surface area (Å²) in [4.78, 5) is 26.7. The molecule has 2 aromatic carbocycles. The fourth-order valence-electron chi connectivity index (χ4n) is 4.80. The Balaban J connectivity index is 1.61. The Hall–Kier alpha value is -2.56. The molecule has 0 spiro atoms. The maximum atomic E-state index is 13.1. The lowest BCUT2D eigenvalue weighted by Gasteiger charge is -2.39. The van der Waals surface area contributed by atoms with E-state index in [1.165, 1.54) is 0 Å². The predicted molar refractivity (Wildman–Crippen MR) is 112 cm³/mol. The van der Waals surface area contributed by atoms with Crippen LogP contribution in [0, 0.1) is 0 Å². The summed E-state index contributed by atoms with van der Waals surface area (Å²) in [6.07, 6.45) is -4.26. The molecule has 2 aromatic rings. The fraction of sp³-hybridized carbons (Fsp3) is 0.545. The van der Waals surface area contributed by atoms with Gasteiger partial charge in [0.1, 0.15) is 11.4 Å². The lowest BCUT2D eigenvalue weighted by atomic mass is 9.88. The second-order valence-electron chi connectivity index (χ2n) is 8.67. The van der Waals surface area contributed by atoms with Crippen LogP contribution < -0.4 is 21.5 Å². The molecule has 1 aliphatic carbocycles. The Morgan fingerprint density at radius 1 is 0.758 bits per heavy atom. The molecule has 2 fully saturated rings. The van der Waals surface area contributed by atoms with Crippen molar-refractivity contribution in [2.75, 3.05) is 23.7 Å². The zero-order valence-corrected chi connectivity index (χ0v) is 17.6. The number of benzene rings is 1. The number of anilines is 3. The summed E-state index contributed by atoms with van der Waals surface area (Å²) < 4.78 is 78.8. The number of hydrogen-bond acceptors (Lipinski definition) is 5. The average Bonchev–Trinajstić information content (AvgIpc) is 3.29. The zero-order chi connectivity index (χ0) is 24.0. The maximum absolute atomic E-state index is 13.1. The molecule has 0 radical (unpaired) electrons. The molecule has 33 heavy (non-hydrogen) atoms.